The monoisotopic (exact) mass is 570 g/mol. The standard InChI is InChI=1S/C43H54/c1-4-6-8-10-12-16-30-43(31-17-13-11-9-7-5-2)41-19-15-14-18-39(41)40-29-28-38(33-42(40)43)37-26-24-36(25-27-37)32-35-22-20-34(3)21-23-35/h14-15,18-29,33H,4-13,16-17,30-32H2,1-3H3. The molecule has 0 unspecified atom stereocenters. The predicted molar refractivity (Wildman–Crippen MR) is 188 cm³/mol. The summed E-state index contributed by atoms with van der Waals surface area (Å²) in [5.41, 5.74) is 13.1. The Morgan fingerprint density at radius 2 is 0.977 bits per heavy atom. The molecule has 0 saturated heterocycles. The van der Waals surface area contributed by atoms with Gasteiger partial charge in [0, 0.05) is 5.41 Å². The van der Waals surface area contributed by atoms with E-state index in [9.17, 15) is 0 Å². The van der Waals surface area contributed by atoms with Crippen LogP contribution in [0.15, 0.2) is 91.0 Å². The molecule has 4 aromatic carbocycles. The normalized spacial score (nSPS) is 13.2. The molecule has 0 nitrogen and oxygen atoms in total. The first-order valence-electron chi connectivity index (χ1n) is 17.5. The summed E-state index contributed by atoms with van der Waals surface area (Å²) >= 11 is 0. The van der Waals surface area contributed by atoms with Crippen LogP contribution in [0.4, 0.5) is 0 Å². The summed E-state index contributed by atoms with van der Waals surface area (Å²) in [6.45, 7) is 6.79. The van der Waals surface area contributed by atoms with Crippen molar-refractivity contribution in [2.45, 2.75) is 122 Å². The molecule has 0 radical (unpaired) electrons. The lowest BCUT2D eigenvalue weighted by Gasteiger charge is -2.33. The van der Waals surface area contributed by atoms with Crippen molar-refractivity contribution in [1.29, 1.82) is 0 Å². The van der Waals surface area contributed by atoms with Gasteiger partial charge < -0.3 is 0 Å². The fourth-order valence-electron chi connectivity index (χ4n) is 7.47. The molecule has 0 aliphatic heterocycles. The number of hydrogen-bond acceptors (Lipinski definition) is 0. The highest BCUT2D eigenvalue weighted by molar-refractivity contribution is 5.84. The SMILES string of the molecule is CCCCCCCCC1(CCCCCCCC)c2ccccc2-c2ccc(-c3ccc(Cc4ccc(C)cc4)cc3)cc21. The number of fused-ring (bicyclic) bond motifs is 3. The van der Waals surface area contributed by atoms with E-state index in [1.54, 1.807) is 11.1 Å². The highest BCUT2D eigenvalue weighted by Crippen LogP contribution is 2.55. The molecule has 0 heterocycles. The maximum Gasteiger partial charge on any atom is 0.0215 e. The number of benzene rings is 4. The Hall–Kier alpha value is -3.12. The molecule has 0 saturated carbocycles. The first kappa shape index (κ1) is 31.3. The molecule has 1 aliphatic rings. The summed E-state index contributed by atoms with van der Waals surface area (Å²) < 4.78 is 0. The molecule has 0 N–H and O–H groups in total. The summed E-state index contributed by atoms with van der Waals surface area (Å²) in [6.07, 6.45) is 19.8. The highest BCUT2D eigenvalue weighted by Gasteiger charge is 2.42. The van der Waals surface area contributed by atoms with Crippen molar-refractivity contribution < 1.29 is 0 Å². The zero-order valence-corrected chi connectivity index (χ0v) is 27.3. The van der Waals surface area contributed by atoms with Gasteiger partial charge in [0.05, 0.1) is 0 Å². The van der Waals surface area contributed by atoms with Crippen molar-refractivity contribution in [2.24, 2.45) is 0 Å². The highest BCUT2D eigenvalue weighted by atomic mass is 14.4. The van der Waals surface area contributed by atoms with Crippen molar-refractivity contribution in [1.82, 2.24) is 0 Å². The van der Waals surface area contributed by atoms with Crippen LogP contribution in [-0.2, 0) is 11.8 Å². The summed E-state index contributed by atoms with van der Waals surface area (Å²) in [5, 5.41) is 0. The lowest BCUT2D eigenvalue weighted by Crippen LogP contribution is -2.25. The number of aryl methyl sites for hydroxylation is 1. The van der Waals surface area contributed by atoms with Gasteiger partial charge in [-0.3, -0.25) is 0 Å². The minimum atomic E-state index is 0.142. The third-order valence-corrected chi connectivity index (χ3v) is 10.00. The Bertz CT molecular complexity index is 1390. The fourth-order valence-corrected chi connectivity index (χ4v) is 7.47. The fraction of sp³-hybridized carbons (Fsp3) is 0.442. The second kappa shape index (κ2) is 15.6. The molecule has 43 heavy (non-hydrogen) atoms. The summed E-state index contributed by atoms with van der Waals surface area (Å²) in [7, 11) is 0. The Kier molecular flexibility index (Phi) is 11.3. The van der Waals surface area contributed by atoms with Crippen molar-refractivity contribution in [3.05, 3.63) is 119 Å². The van der Waals surface area contributed by atoms with Gasteiger partial charge in [-0.15, -0.1) is 0 Å². The Morgan fingerprint density at radius 3 is 1.60 bits per heavy atom. The van der Waals surface area contributed by atoms with E-state index in [1.165, 1.54) is 129 Å². The molecule has 5 rings (SSSR count). The Labute approximate surface area is 263 Å². The summed E-state index contributed by atoms with van der Waals surface area (Å²) in [6, 6.07) is 35.1. The van der Waals surface area contributed by atoms with E-state index in [4.69, 9.17) is 0 Å². The first-order chi connectivity index (χ1) is 21.1. The maximum absolute atomic E-state index is 2.58. The van der Waals surface area contributed by atoms with E-state index >= 15 is 0 Å². The minimum absolute atomic E-state index is 0.142. The molecule has 0 atom stereocenters. The molecule has 0 heteroatoms. The Balaban J connectivity index is 1.42. The number of rotatable bonds is 17. The van der Waals surface area contributed by atoms with Crippen molar-refractivity contribution in [2.75, 3.05) is 0 Å². The molecule has 0 fully saturated rings. The maximum atomic E-state index is 2.58. The number of hydrogen-bond donors (Lipinski definition) is 0. The van der Waals surface area contributed by atoms with Gasteiger partial charge >= 0.3 is 0 Å². The van der Waals surface area contributed by atoms with E-state index in [-0.39, 0.29) is 5.41 Å². The van der Waals surface area contributed by atoms with E-state index < -0.39 is 0 Å². The van der Waals surface area contributed by atoms with Crippen molar-refractivity contribution in [3.8, 4) is 22.3 Å². The lowest BCUT2D eigenvalue weighted by atomic mass is 9.70. The molecule has 0 aromatic heterocycles. The quantitative estimate of drug-likeness (QED) is 0.111. The van der Waals surface area contributed by atoms with Crippen LogP contribution in [0.3, 0.4) is 0 Å². The van der Waals surface area contributed by atoms with E-state index in [0.717, 1.165) is 6.42 Å². The average Bonchev–Trinajstić information content (AvgIpc) is 3.31. The van der Waals surface area contributed by atoms with Crippen molar-refractivity contribution in [3.63, 3.8) is 0 Å². The van der Waals surface area contributed by atoms with Crippen LogP contribution in [0.1, 0.15) is 132 Å². The van der Waals surface area contributed by atoms with E-state index in [1.807, 2.05) is 0 Å². The molecule has 0 spiro atoms. The predicted octanol–water partition coefficient (Wildman–Crippen LogP) is 13.0. The number of unbranched alkanes of at least 4 members (excludes halogenated alkanes) is 10. The van der Waals surface area contributed by atoms with Crippen molar-refractivity contribution >= 4 is 0 Å². The van der Waals surface area contributed by atoms with Crippen LogP contribution in [-0.4, -0.2) is 0 Å². The first-order valence-corrected chi connectivity index (χ1v) is 17.5. The van der Waals surface area contributed by atoms with Crippen LogP contribution in [0.2, 0.25) is 0 Å². The molecule has 0 amide bonds. The molecular formula is C43H54. The van der Waals surface area contributed by atoms with Crippen LogP contribution >= 0.6 is 0 Å². The van der Waals surface area contributed by atoms with Crippen LogP contribution in [0, 0.1) is 6.92 Å². The van der Waals surface area contributed by atoms with Crippen LogP contribution < -0.4 is 0 Å². The second-order valence-electron chi connectivity index (χ2n) is 13.3. The van der Waals surface area contributed by atoms with Gasteiger partial charge in [0.15, 0.2) is 0 Å². The molecule has 1 aliphatic carbocycles. The van der Waals surface area contributed by atoms with Gasteiger partial charge in [0.25, 0.3) is 0 Å². The second-order valence-corrected chi connectivity index (χ2v) is 13.3. The minimum Gasteiger partial charge on any atom is -0.0654 e. The van der Waals surface area contributed by atoms with Gasteiger partial charge in [-0.1, -0.05) is 181 Å². The van der Waals surface area contributed by atoms with Gasteiger partial charge in [0.1, 0.15) is 0 Å². The molecular weight excluding hydrogens is 516 g/mol. The molecule has 226 valence electrons. The van der Waals surface area contributed by atoms with E-state index in [0.29, 0.717) is 0 Å². The van der Waals surface area contributed by atoms with Crippen LogP contribution in [0.25, 0.3) is 22.3 Å². The molecule has 0 bridgehead atoms. The van der Waals surface area contributed by atoms with Gasteiger partial charge in [-0.05, 0) is 76.8 Å². The smallest absolute Gasteiger partial charge is 0.0215 e. The zero-order chi connectivity index (χ0) is 29.9. The third-order valence-electron chi connectivity index (χ3n) is 10.00. The summed E-state index contributed by atoms with van der Waals surface area (Å²) in [4.78, 5) is 0. The average molecular weight is 571 g/mol. The zero-order valence-electron chi connectivity index (χ0n) is 27.3. The Morgan fingerprint density at radius 1 is 0.465 bits per heavy atom. The van der Waals surface area contributed by atoms with Crippen LogP contribution in [0.5, 0.6) is 0 Å². The van der Waals surface area contributed by atoms with Gasteiger partial charge in [-0.25, -0.2) is 0 Å². The molecule has 4 aromatic rings. The third kappa shape index (κ3) is 7.70. The largest absolute Gasteiger partial charge is 0.0654 e. The van der Waals surface area contributed by atoms with E-state index in [2.05, 4.69) is 112 Å². The van der Waals surface area contributed by atoms with Gasteiger partial charge in [0.2, 0.25) is 0 Å². The summed E-state index contributed by atoms with van der Waals surface area (Å²) in [5.74, 6) is 0. The topological polar surface area (TPSA) is 0 Å². The lowest BCUT2D eigenvalue weighted by molar-refractivity contribution is 0.398. The van der Waals surface area contributed by atoms with Gasteiger partial charge in [-0.2, -0.15) is 0 Å².